The van der Waals surface area contributed by atoms with Crippen LogP contribution in [0.1, 0.15) is 11.3 Å². The van der Waals surface area contributed by atoms with Crippen LogP contribution in [-0.2, 0) is 16.6 Å². The van der Waals surface area contributed by atoms with Gasteiger partial charge in [-0.25, -0.2) is 8.42 Å². The van der Waals surface area contributed by atoms with Crippen LogP contribution in [0.3, 0.4) is 0 Å². The van der Waals surface area contributed by atoms with E-state index < -0.39 is 10.0 Å². The average Bonchev–Trinajstić information content (AvgIpc) is 2.32. The first-order chi connectivity index (χ1) is 8.47. The van der Waals surface area contributed by atoms with Gasteiger partial charge in [-0.1, -0.05) is 6.07 Å². The molecule has 0 radical (unpaired) electrons. The number of hydrogen-bond donors (Lipinski definition) is 0. The molecule has 1 aromatic rings. The SMILES string of the molecule is Cc1cccnc1CN1CCN(S(C)(=O)=O)CC1. The van der Waals surface area contributed by atoms with Crippen LogP contribution in [0.15, 0.2) is 18.3 Å². The van der Waals surface area contributed by atoms with E-state index in [0.29, 0.717) is 13.1 Å². The number of pyridine rings is 1. The van der Waals surface area contributed by atoms with E-state index in [4.69, 9.17) is 0 Å². The highest BCUT2D eigenvalue weighted by molar-refractivity contribution is 7.88. The average molecular weight is 269 g/mol. The standard InChI is InChI=1S/C12H19N3O2S/c1-11-4-3-5-13-12(11)10-14-6-8-15(9-7-14)18(2,16)17/h3-5H,6-10H2,1-2H3. The van der Waals surface area contributed by atoms with Crippen LogP contribution in [0.5, 0.6) is 0 Å². The molecular weight excluding hydrogens is 250 g/mol. The molecule has 5 nitrogen and oxygen atoms in total. The van der Waals surface area contributed by atoms with Crippen molar-refractivity contribution in [1.29, 1.82) is 0 Å². The third-order valence-corrected chi connectivity index (χ3v) is 4.59. The highest BCUT2D eigenvalue weighted by atomic mass is 32.2. The van der Waals surface area contributed by atoms with Crippen LogP contribution in [0.2, 0.25) is 0 Å². The zero-order valence-corrected chi connectivity index (χ0v) is 11.7. The van der Waals surface area contributed by atoms with Gasteiger partial charge in [-0.2, -0.15) is 4.31 Å². The molecule has 18 heavy (non-hydrogen) atoms. The maximum Gasteiger partial charge on any atom is 0.211 e. The number of hydrogen-bond acceptors (Lipinski definition) is 4. The first-order valence-corrected chi connectivity index (χ1v) is 7.89. The monoisotopic (exact) mass is 269 g/mol. The Balaban J connectivity index is 1.94. The molecule has 0 N–H and O–H groups in total. The molecule has 0 atom stereocenters. The van der Waals surface area contributed by atoms with Crippen molar-refractivity contribution < 1.29 is 8.42 Å². The van der Waals surface area contributed by atoms with E-state index in [-0.39, 0.29) is 0 Å². The lowest BCUT2D eigenvalue weighted by molar-refractivity contribution is 0.180. The van der Waals surface area contributed by atoms with Gasteiger partial charge in [0.25, 0.3) is 0 Å². The second kappa shape index (κ2) is 5.34. The quantitative estimate of drug-likeness (QED) is 0.800. The number of sulfonamides is 1. The molecule has 1 aliphatic rings. The molecule has 0 bridgehead atoms. The van der Waals surface area contributed by atoms with Crippen LogP contribution in [0, 0.1) is 6.92 Å². The summed E-state index contributed by atoms with van der Waals surface area (Å²) in [5.41, 5.74) is 2.26. The molecule has 1 aliphatic heterocycles. The van der Waals surface area contributed by atoms with Crippen molar-refractivity contribution in [1.82, 2.24) is 14.2 Å². The Bertz CT molecular complexity index is 508. The fraction of sp³-hybridized carbons (Fsp3) is 0.583. The third kappa shape index (κ3) is 3.28. The van der Waals surface area contributed by atoms with Crippen molar-refractivity contribution in [3.63, 3.8) is 0 Å². The zero-order chi connectivity index (χ0) is 13.2. The van der Waals surface area contributed by atoms with Gasteiger partial charge in [-0.3, -0.25) is 9.88 Å². The predicted molar refractivity (Wildman–Crippen MR) is 70.7 cm³/mol. The van der Waals surface area contributed by atoms with Gasteiger partial charge in [0.2, 0.25) is 10.0 Å². The third-order valence-electron chi connectivity index (χ3n) is 3.29. The van der Waals surface area contributed by atoms with Crippen molar-refractivity contribution in [3.05, 3.63) is 29.6 Å². The summed E-state index contributed by atoms with van der Waals surface area (Å²) >= 11 is 0. The molecule has 6 heteroatoms. The Labute approximate surface area is 108 Å². The van der Waals surface area contributed by atoms with Crippen LogP contribution in [-0.4, -0.2) is 55.0 Å². The van der Waals surface area contributed by atoms with Crippen LogP contribution < -0.4 is 0 Å². The van der Waals surface area contributed by atoms with E-state index in [9.17, 15) is 8.42 Å². The molecule has 0 unspecified atom stereocenters. The van der Waals surface area contributed by atoms with E-state index in [1.54, 1.807) is 6.20 Å². The van der Waals surface area contributed by atoms with Crippen molar-refractivity contribution in [2.24, 2.45) is 0 Å². The molecule has 0 saturated carbocycles. The normalized spacial score (nSPS) is 19.0. The van der Waals surface area contributed by atoms with Crippen LogP contribution in [0.4, 0.5) is 0 Å². The first-order valence-electron chi connectivity index (χ1n) is 6.05. The molecule has 0 aliphatic carbocycles. The fourth-order valence-electron chi connectivity index (χ4n) is 2.11. The second-order valence-corrected chi connectivity index (χ2v) is 6.69. The molecule has 1 aromatic heterocycles. The van der Waals surface area contributed by atoms with E-state index in [0.717, 1.165) is 25.3 Å². The molecule has 0 amide bonds. The first kappa shape index (κ1) is 13.5. The van der Waals surface area contributed by atoms with Gasteiger partial charge in [0.05, 0.1) is 11.9 Å². The molecule has 0 spiro atoms. The Kier molecular flexibility index (Phi) is 3.99. The Hall–Kier alpha value is -0.980. The number of rotatable bonds is 3. The summed E-state index contributed by atoms with van der Waals surface area (Å²) in [4.78, 5) is 6.61. The van der Waals surface area contributed by atoms with Gasteiger partial charge >= 0.3 is 0 Å². The van der Waals surface area contributed by atoms with Gasteiger partial charge in [0.1, 0.15) is 0 Å². The predicted octanol–water partition coefficient (Wildman–Crippen LogP) is 0.467. The van der Waals surface area contributed by atoms with Crippen molar-refractivity contribution in [2.45, 2.75) is 13.5 Å². The van der Waals surface area contributed by atoms with Crippen molar-refractivity contribution >= 4 is 10.0 Å². The maximum absolute atomic E-state index is 11.4. The minimum atomic E-state index is -3.04. The highest BCUT2D eigenvalue weighted by Gasteiger charge is 2.23. The summed E-state index contributed by atoms with van der Waals surface area (Å²) in [6.07, 6.45) is 3.07. The molecule has 2 heterocycles. The van der Waals surface area contributed by atoms with Gasteiger partial charge in [-0.15, -0.1) is 0 Å². The number of nitrogens with zero attached hydrogens (tertiary/aromatic N) is 3. The summed E-state index contributed by atoms with van der Waals surface area (Å²) < 4.78 is 24.3. The number of aryl methyl sites for hydroxylation is 1. The van der Waals surface area contributed by atoms with E-state index in [1.165, 1.54) is 16.1 Å². The van der Waals surface area contributed by atoms with Crippen molar-refractivity contribution in [3.8, 4) is 0 Å². The molecular formula is C12H19N3O2S. The molecule has 1 fully saturated rings. The summed E-state index contributed by atoms with van der Waals surface area (Å²) in [6.45, 7) is 5.53. The van der Waals surface area contributed by atoms with Gasteiger partial charge < -0.3 is 0 Å². The summed E-state index contributed by atoms with van der Waals surface area (Å²) in [5.74, 6) is 0. The summed E-state index contributed by atoms with van der Waals surface area (Å²) in [6, 6.07) is 3.98. The van der Waals surface area contributed by atoms with Crippen LogP contribution >= 0.6 is 0 Å². The Morgan fingerprint density at radius 1 is 1.28 bits per heavy atom. The van der Waals surface area contributed by atoms with Crippen molar-refractivity contribution in [2.75, 3.05) is 32.4 Å². The Morgan fingerprint density at radius 3 is 2.50 bits per heavy atom. The number of aromatic nitrogens is 1. The fourth-order valence-corrected chi connectivity index (χ4v) is 2.94. The largest absolute Gasteiger partial charge is 0.295 e. The van der Waals surface area contributed by atoms with Gasteiger partial charge in [0.15, 0.2) is 0 Å². The minimum absolute atomic E-state index is 0.574. The topological polar surface area (TPSA) is 53.5 Å². The summed E-state index contributed by atoms with van der Waals surface area (Å²) in [5, 5.41) is 0. The van der Waals surface area contributed by atoms with E-state index in [2.05, 4.69) is 22.9 Å². The van der Waals surface area contributed by atoms with Crippen LogP contribution in [0.25, 0.3) is 0 Å². The lowest BCUT2D eigenvalue weighted by Crippen LogP contribution is -2.47. The van der Waals surface area contributed by atoms with Gasteiger partial charge in [0, 0.05) is 38.9 Å². The van der Waals surface area contributed by atoms with E-state index >= 15 is 0 Å². The molecule has 0 aromatic carbocycles. The zero-order valence-electron chi connectivity index (χ0n) is 10.8. The smallest absolute Gasteiger partial charge is 0.211 e. The highest BCUT2D eigenvalue weighted by Crippen LogP contribution is 2.11. The molecule has 1 saturated heterocycles. The molecule has 2 rings (SSSR count). The minimum Gasteiger partial charge on any atom is -0.295 e. The second-order valence-electron chi connectivity index (χ2n) is 4.71. The Morgan fingerprint density at radius 2 is 1.94 bits per heavy atom. The summed E-state index contributed by atoms with van der Waals surface area (Å²) in [7, 11) is -3.04. The van der Waals surface area contributed by atoms with Gasteiger partial charge in [-0.05, 0) is 18.6 Å². The number of piperazine rings is 1. The maximum atomic E-state index is 11.4. The lowest BCUT2D eigenvalue weighted by Gasteiger charge is -2.33. The van der Waals surface area contributed by atoms with E-state index in [1.807, 2.05) is 6.07 Å². The molecule has 100 valence electrons. The lowest BCUT2D eigenvalue weighted by atomic mass is 10.2.